The first-order chi connectivity index (χ1) is 11.4. The molecule has 0 aliphatic carbocycles. The molecule has 0 saturated carbocycles. The molecule has 1 aliphatic heterocycles. The molecule has 3 nitrogen and oxygen atoms in total. The van der Waals surface area contributed by atoms with Crippen molar-refractivity contribution in [2.24, 2.45) is 5.92 Å². The predicted octanol–water partition coefficient (Wildman–Crippen LogP) is 4.34. The maximum absolute atomic E-state index is 11.3. The molecule has 0 aromatic heterocycles. The van der Waals surface area contributed by atoms with E-state index in [0.717, 1.165) is 48.3 Å². The lowest BCUT2D eigenvalue weighted by molar-refractivity contribution is -0.136. The number of carbonyl (C=O) groups is 1. The van der Waals surface area contributed by atoms with Gasteiger partial charge in [0.1, 0.15) is 0 Å². The van der Waals surface area contributed by atoms with E-state index < -0.39 is 5.97 Å². The Hall–Kier alpha value is -1.79. The third-order valence-corrected chi connectivity index (χ3v) is 4.53. The monoisotopic (exact) mass is 328 g/mol. The molecule has 24 heavy (non-hydrogen) atoms. The van der Waals surface area contributed by atoms with E-state index in [1.54, 1.807) is 0 Å². The molecule has 0 spiro atoms. The number of ether oxygens (including phenoxy) is 1. The van der Waals surface area contributed by atoms with Gasteiger partial charge in [0, 0.05) is 24.7 Å². The molecule has 1 saturated heterocycles. The Labute approximate surface area is 145 Å². The number of aliphatic carboxylic acids is 1. The largest absolute Gasteiger partial charge is 0.481 e. The molecule has 0 unspecified atom stereocenters. The maximum atomic E-state index is 11.3. The maximum Gasteiger partial charge on any atom is 0.307 e. The van der Waals surface area contributed by atoms with Crippen molar-refractivity contribution in [2.45, 2.75) is 58.8 Å². The summed E-state index contributed by atoms with van der Waals surface area (Å²) in [5.74, 6) is 6.90. The fourth-order valence-corrected chi connectivity index (χ4v) is 3.20. The van der Waals surface area contributed by atoms with Gasteiger partial charge in [0.05, 0.1) is 6.42 Å². The predicted molar refractivity (Wildman–Crippen MR) is 96.4 cm³/mol. The Morgan fingerprint density at radius 2 is 1.71 bits per heavy atom. The third kappa shape index (κ3) is 4.85. The highest BCUT2D eigenvalue weighted by Crippen LogP contribution is 2.30. The van der Waals surface area contributed by atoms with Crippen molar-refractivity contribution in [3.8, 4) is 11.8 Å². The lowest BCUT2D eigenvalue weighted by Crippen LogP contribution is -2.14. The van der Waals surface area contributed by atoms with Crippen molar-refractivity contribution in [3.63, 3.8) is 0 Å². The fraction of sp³-hybridized carbons (Fsp3) is 0.571. The minimum Gasteiger partial charge on any atom is -0.481 e. The highest BCUT2D eigenvalue weighted by Gasteiger charge is 2.18. The average molecular weight is 328 g/mol. The summed E-state index contributed by atoms with van der Waals surface area (Å²) in [4.78, 5) is 11.3. The Balaban J connectivity index is 2.42. The van der Waals surface area contributed by atoms with Gasteiger partial charge >= 0.3 is 5.97 Å². The molecule has 0 bridgehead atoms. The van der Waals surface area contributed by atoms with E-state index in [1.807, 2.05) is 0 Å². The van der Waals surface area contributed by atoms with Gasteiger partial charge in [0.25, 0.3) is 0 Å². The van der Waals surface area contributed by atoms with Crippen molar-refractivity contribution in [1.29, 1.82) is 0 Å². The van der Waals surface area contributed by atoms with Crippen molar-refractivity contribution in [3.05, 3.63) is 34.4 Å². The molecule has 2 rings (SSSR count). The van der Waals surface area contributed by atoms with Gasteiger partial charge in [-0.1, -0.05) is 39.5 Å². The van der Waals surface area contributed by atoms with Gasteiger partial charge in [0.15, 0.2) is 0 Å². The summed E-state index contributed by atoms with van der Waals surface area (Å²) in [6.45, 7) is 10.0. The van der Waals surface area contributed by atoms with Crippen molar-refractivity contribution in [2.75, 3.05) is 13.2 Å². The summed E-state index contributed by atoms with van der Waals surface area (Å²) < 4.78 is 5.38. The second-order valence-electron chi connectivity index (χ2n) is 7.17. The van der Waals surface area contributed by atoms with Crippen LogP contribution in [0.2, 0.25) is 0 Å². The molecular weight excluding hydrogens is 300 g/mol. The van der Waals surface area contributed by atoms with Crippen LogP contribution in [0.3, 0.4) is 0 Å². The molecule has 1 fully saturated rings. The minimum absolute atomic E-state index is 0.0781. The van der Waals surface area contributed by atoms with Crippen LogP contribution in [0.5, 0.6) is 0 Å². The third-order valence-electron chi connectivity index (χ3n) is 4.53. The molecule has 1 aromatic rings. The summed E-state index contributed by atoms with van der Waals surface area (Å²) in [5, 5.41) is 9.28. The van der Waals surface area contributed by atoms with Crippen molar-refractivity contribution >= 4 is 5.97 Å². The van der Waals surface area contributed by atoms with Crippen LogP contribution in [0.1, 0.15) is 74.6 Å². The van der Waals surface area contributed by atoms with Crippen LogP contribution in [0, 0.1) is 17.8 Å². The molecule has 1 aromatic carbocycles. The first-order valence-electron chi connectivity index (χ1n) is 8.86. The van der Waals surface area contributed by atoms with Gasteiger partial charge in [-0.2, -0.15) is 0 Å². The standard InChI is InChI=1S/C21H28O3/c1-14(2)18-11-17(6-5-16-7-9-24-10-8-16)12-19(15(3)4)20(18)13-21(22)23/h11-12,14-16H,7-10,13H2,1-4H3,(H,22,23). The van der Waals surface area contributed by atoms with E-state index in [-0.39, 0.29) is 18.3 Å². The van der Waals surface area contributed by atoms with Crippen LogP contribution in [0.4, 0.5) is 0 Å². The summed E-state index contributed by atoms with van der Waals surface area (Å²) in [7, 11) is 0. The molecule has 0 radical (unpaired) electrons. The summed E-state index contributed by atoms with van der Waals surface area (Å²) in [5.41, 5.74) is 4.19. The normalized spacial score (nSPS) is 15.4. The summed E-state index contributed by atoms with van der Waals surface area (Å²) in [6.07, 6.45) is 2.07. The van der Waals surface area contributed by atoms with Crippen LogP contribution < -0.4 is 0 Å². The van der Waals surface area contributed by atoms with Crippen molar-refractivity contribution in [1.82, 2.24) is 0 Å². The number of carboxylic acids is 1. The van der Waals surface area contributed by atoms with Gasteiger partial charge < -0.3 is 9.84 Å². The molecular formula is C21H28O3. The zero-order valence-corrected chi connectivity index (χ0v) is 15.2. The second-order valence-corrected chi connectivity index (χ2v) is 7.17. The van der Waals surface area contributed by atoms with Gasteiger partial charge in [0.2, 0.25) is 0 Å². The van der Waals surface area contributed by atoms with Crippen LogP contribution in [0.25, 0.3) is 0 Å². The topological polar surface area (TPSA) is 46.5 Å². The zero-order chi connectivity index (χ0) is 17.7. The Morgan fingerprint density at radius 1 is 1.17 bits per heavy atom. The quantitative estimate of drug-likeness (QED) is 0.836. The Bertz CT molecular complexity index is 612. The minimum atomic E-state index is -0.778. The highest BCUT2D eigenvalue weighted by atomic mass is 16.5. The molecule has 1 aliphatic rings. The number of hydrogen-bond donors (Lipinski definition) is 1. The Morgan fingerprint density at radius 3 is 2.17 bits per heavy atom. The van der Waals surface area contributed by atoms with Crippen LogP contribution in [-0.4, -0.2) is 24.3 Å². The van der Waals surface area contributed by atoms with E-state index in [1.165, 1.54) is 0 Å². The van der Waals surface area contributed by atoms with Crippen LogP contribution in [-0.2, 0) is 16.0 Å². The molecule has 0 atom stereocenters. The van der Waals surface area contributed by atoms with Gasteiger partial charge in [-0.15, -0.1) is 0 Å². The van der Waals surface area contributed by atoms with Gasteiger partial charge in [-0.25, -0.2) is 0 Å². The van der Waals surface area contributed by atoms with E-state index in [9.17, 15) is 9.90 Å². The fourth-order valence-electron chi connectivity index (χ4n) is 3.20. The number of carboxylic acid groups (broad SMARTS) is 1. The number of rotatable bonds is 4. The summed E-state index contributed by atoms with van der Waals surface area (Å²) in [6, 6.07) is 4.17. The average Bonchev–Trinajstić information content (AvgIpc) is 2.53. The first kappa shape index (κ1) is 18.5. The molecule has 1 heterocycles. The van der Waals surface area contributed by atoms with E-state index >= 15 is 0 Å². The van der Waals surface area contributed by atoms with Crippen LogP contribution >= 0.6 is 0 Å². The summed E-state index contributed by atoms with van der Waals surface area (Å²) >= 11 is 0. The van der Waals surface area contributed by atoms with E-state index in [0.29, 0.717) is 5.92 Å². The highest BCUT2D eigenvalue weighted by molar-refractivity contribution is 5.72. The molecule has 130 valence electrons. The lowest BCUT2D eigenvalue weighted by Gasteiger charge is -2.20. The van der Waals surface area contributed by atoms with E-state index in [2.05, 4.69) is 51.7 Å². The Kier molecular flexibility index (Phi) is 6.45. The van der Waals surface area contributed by atoms with Gasteiger partial charge in [-0.3, -0.25) is 4.79 Å². The molecule has 1 N–H and O–H groups in total. The number of benzene rings is 1. The van der Waals surface area contributed by atoms with Gasteiger partial charge in [-0.05, 0) is 53.5 Å². The second kappa shape index (κ2) is 8.35. The van der Waals surface area contributed by atoms with Crippen molar-refractivity contribution < 1.29 is 14.6 Å². The van der Waals surface area contributed by atoms with Crippen LogP contribution in [0.15, 0.2) is 12.1 Å². The molecule has 3 heteroatoms. The number of hydrogen-bond acceptors (Lipinski definition) is 2. The zero-order valence-electron chi connectivity index (χ0n) is 15.2. The first-order valence-corrected chi connectivity index (χ1v) is 8.86. The lowest BCUT2D eigenvalue weighted by atomic mass is 9.85. The molecule has 0 amide bonds. The smallest absolute Gasteiger partial charge is 0.307 e. The SMILES string of the molecule is CC(C)c1cc(C#CC2CCOCC2)cc(C(C)C)c1CC(=O)O. The van der Waals surface area contributed by atoms with E-state index in [4.69, 9.17) is 4.74 Å².